The number of rotatable bonds is 4. The lowest BCUT2D eigenvalue weighted by molar-refractivity contribution is 0.669. The highest BCUT2D eigenvalue weighted by molar-refractivity contribution is 6.31. The minimum Gasteiger partial charge on any atom is -0.456 e. The summed E-state index contributed by atoms with van der Waals surface area (Å²) < 4.78 is 6.12. The lowest BCUT2D eigenvalue weighted by atomic mass is 10.0. The molecule has 0 atom stereocenters. The third-order valence-electron chi connectivity index (χ3n) is 6.61. The molecule has 0 aliphatic carbocycles. The number of hydrogen-bond acceptors (Lipinski definition) is 4. The zero-order chi connectivity index (χ0) is 25.5. The summed E-state index contributed by atoms with van der Waals surface area (Å²) in [5.41, 5.74) is 6.52. The summed E-state index contributed by atoms with van der Waals surface area (Å²) in [6.45, 7) is 0. The fourth-order valence-electron chi connectivity index (χ4n) is 4.68. The van der Waals surface area contributed by atoms with Gasteiger partial charge in [-0.3, -0.25) is 0 Å². The predicted molar refractivity (Wildman–Crippen MR) is 154 cm³/mol. The predicted octanol–water partition coefficient (Wildman–Crippen LogP) is 9.09. The van der Waals surface area contributed by atoms with Crippen LogP contribution in [0.1, 0.15) is 0 Å². The van der Waals surface area contributed by atoms with E-state index >= 15 is 0 Å². The third-order valence-corrected chi connectivity index (χ3v) is 6.85. The second-order valence-electron chi connectivity index (χ2n) is 9.07. The van der Waals surface area contributed by atoms with Crippen molar-refractivity contribution in [1.29, 1.82) is 0 Å². The second-order valence-corrected chi connectivity index (χ2v) is 9.51. The lowest BCUT2D eigenvalue weighted by Crippen LogP contribution is -2.00. The Balaban J connectivity index is 1.36. The van der Waals surface area contributed by atoms with Gasteiger partial charge in [0.05, 0.1) is 0 Å². The number of benzene rings is 5. The fraction of sp³-hybridized carbons (Fsp3) is 0. The van der Waals surface area contributed by atoms with E-state index in [4.69, 9.17) is 31.0 Å². The Hall–Kier alpha value is -4.80. The van der Waals surface area contributed by atoms with Gasteiger partial charge in [0.15, 0.2) is 17.5 Å². The molecule has 0 radical (unpaired) electrons. The SMILES string of the molecule is Clc1ccc2c(c1)oc1cc(-c3nc(-c4ccccc4)nc(-c4ccc(-c5ccccc5)cc4)n3)ccc12. The molecule has 0 N–H and O–H groups in total. The van der Waals surface area contributed by atoms with Crippen molar-refractivity contribution in [3.8, 4) is 45.3 Å². The zero-order valence-corrected chi connectivity index (χ0v) is 20.9. The van der Waals surface area contributed by atoms with Gasteiger partial charge in [-0.25, -0.2) is 15.0 Å². The van der Waals surface area contributed by atoms with Gasteiger partial charge < -0.3 is 4.42 Å². The highest BCUT2D eigenvalue weighted by Crippen LogP contribution is 2.34. The molecule has 2 heterocycles. The molecule has 180 valence electrons. The van der Waals surface area contributed by atoms with Gasteiger partial charge in [-0.15, -0.1) is 0 Å². The van der Waals surface area contributed by atoms with E-state index in [2.05, 4.69) is 36.4 Å². The van der Waals surface area contributed by atoms with E-state index in [1.54, 1.807) is 0 Å². The van der Waals surface area contributed by atoms with E-state index < -0.39 is 0 Å². The highest BCUT2D eigenvalue weighted by atomic mass is 35.5. The van der Waals surface area contributed by atoms with E-state index in [9.17, 15) is 0 Å². The van der Waals surface area contributed by atoms with E-state index in [1.807, 2.05) is 84.9 Å². The van der Waals surface area contributed by atoms with Gasteiger partial charge in [-0.2, -0.15) is 0 Å². The van der Waals surface area contributed by atoms with Crippen LogP contribution < -0.4 is 0 Å². The molecule has 5 heteroatoms. The Labute approximate surface area is 224 Å². The summed E-state index contributed by atoms with van der Waals surface area (Å²) in [7, 11) is 0. The van der Waals surface area contributed by atoms with Crippen LogP contribution in [0, 0.1) is 0 Å². The summed E-state index contributed by atoms with van der Waals surface area (Å²) in [6.07, 6.45) is 0. The van der Waals surface area contributed by atoms with Gasteiger partial charge in [0.25, 0.3) is 0 Å². The minimum atomic E-state index is 0.585. The maximum absolute atomic E-state index is 6.18. The number of aromatic nitrogens is 3. The molecule has 0 aliphatic heterocycles. The fourth-order valence-corrected chi connectivity index (χ4v) is 4.84. The summed E-state index contributed by atoms with van der Waals surface area (Å²) in [5.74, 6) is 1.82. The van der Waals surface area contributed by atoms with Crippen molar-refractivity contribution >= 4 is 33.5 Å². The molecule has 5 aromatic carbocycles. The second kappa shape index (κ2) is 9.25. The van der Waals surface area contributed by atoms with E-state index in [0.29, 0.717) is 22.5 Å². The average Bonchev–Trinajstić information content (AvgIpc) is 3.34. The normalized spacial score (nSPS) is 11.3. The van der Waals surface area contributed by atoms with Crippen LogP contribution in [0.3, 0.4) is 0 Å². The Morgan fingerprint density at radius 1 is 0.421 bits per heavy atom. The first-order valence-electron chi connectivity index (χ1n) is 12.3. The highest BCUT2D eigenvalue weighted by Gasteiger charge is 2.15. The molecular formula is C33H20ClN3O. The summed E-state index contributed by atoms with van der Waals surface area (Å²) in [5, 5.41) is 2.69. The first kappa shape index (κ1) is 22.4. The van der Waals surface area contributed by atoms with Crippen LogP contribution in [0.25, 0.3) is 67.2 Å². The molecule has 0 aliphatic rings. The smallest absolute Gasteiger partial charge is 0.164 e. The topological polar surface area (TPSA) is 51.8 Å². The first-order chi connectivity index (χ1) is 18.7. The molecule has 7 rings (SSSR count). The van der Waals surface area contributed by atoms with Crippen LogP contribution in [0.5, 0.6) is 0 Å². The molecule has 4 nitrogen and oxygen atoms in total. The molecule has 0 saturated heterocycles. The molecule has 0 amide bonds. The number of fused-ring (bicyclic) bond motifs is 3. The van der Waals surface area contributed by atoms with Crippen LogP contribution >= 0.6 is 11.6 Å². The van der Waals surface area contributed by atoms with E-state index in [1.165, 1.54) is 5.56 Å². The Bertz CT molecular complexity index is 1910. The summed E-state index contributed by atoms with van der Waals surface area (Å²) >= 11 is 6.18. The quantitative estimate of drug-likeness (QED) is 0.237. The maximum atomic E-state index is 6.18. The van der Waals surface area contributed by atoms with Crippen LogP contribution in [0.15, 0.2) is 126 Å². The molecular weight excluding hydrogens is 490 g/mol. The van der Waals surface area contributed by atoms with E-state index in [0.717, 1.165) is 44.2 Å². The summed E-state index contributed by atoms with van der Waals surface area (Å²) in [6, 6.07) is 40.3. The van der Waals surface area contributed by atoms with Crippen molar-refractivity contribution in [2.24, 2.45) is 0 Å². The van der Waals surface area contributed by atoms with Gasteiger partial charge in [0.1, 0.15) is 11.2 Å². The minimum absolute atomic E-state index is 0.585. The van der Waals surface area contributed by atoms with E-state index in [-0.39, 0.29) is 0 Å². The molecule has 0 fully saturated rings. The van der Waals surface area contributed by atoms with Gasteiger partial charge in [-0.1, -0.05) is 103 Å². The molecule has 0 bridgehead atoms. The standard InChI is InChI=1S/C33H20ClN3O/c34-26-16-18-28-27-17-15-25(19-29(27)38-30(28)20-26)33-36-31(23-9-5-2-6-10-23)35-32(37-33)24-13-11-22(12-14-24)21-7-3-1-4-8-21/h1-20H. The molecule has 7 aromatic rings. The van der Waals surface area contributed by atoms with Crippen LogP contribution in [-0.2, 0) is 0 Å². The Morgan fingerprint density at radius 3 is 1.53 bits per heavy atom. The number of halogens is 1. The number of hydrogen-bond donors (Lipinski definition) is 0. The van der Waals surface area contributed by atoms with Gasteiger partial charge in [0, 0.05) is 38.6 Å². The molecule has 0 saturated carbocycles. The number of nitrogens with zero attached hydrogens (tertiary/aromatic N) is 3. The monoisotopic (exact) mass is 509 g/mol. The number of furan rings is 1. The van der Waals surface area contributed by atoms with Crippen LogP contribution in [0.4, 0.5) is 0 Å². The van der Waals surface area contributed by atoms with Gasteiger partial charge in [-0.05, 0) is 35.4 Å². The molecule has 0 unspecified atom stereocenters. The average molecular weight is 510 g/mol. The van der Waals surface area contributed by atoms with Crippen LogP contribution in [0.2, 0.25) is 5.02 Å². The molecule has 2 aromatic heterocycles. The lowest BCUT2D eigenvalue weighted by Gasteiger charge is -2.09. The largest absolute Gasteiger partial charge is 0.456 e. The maximum Gasteiger partial charge on any atom is 0.164 e. The van der Waals surface area contributed by atoms with Gasteiger partial charge >= 0.3 is 0 Å². The Morgan fingerprint density at radius 2 is 0.868 bits per heavy atom. The molecule has 38 heavy (non-hydrogen) atoms. The van der Waals surface area contributed by atoms with Crippen molar-refractivity contribution in [3.63, 3.8) is 0 Å². The van der Waals surface area contributed by atoms with Crippen molar-refractivity contribution in [1.82, 2.24) is 15.0 Å². The summed E-state index contributed by atoms with van der Waals surface area (Å²) in [4.78, 5) is 14.6. The molecule has 0 spiro atoms. The van der Waals surface area contributed by atoms with Crippen molar-refractivity contribution in [3.05, 3.63) is 126 Å². The van der Waals surface area contributed by atoms with Crippen molar-refractivity contribution < 1.29 is 4.42 Å². The van der Waals surface area contributed by atoms with Crippen molar-refractivity contribution in [2.75, 3.05) is 0 Å². The van der Waals surface area contributed by atoms with Crippen molar-refractivity contribution in [2.45, 2.75) is 0 Å². The van der Waals surface area contributed by atoms with Crippen LogP contribution in [-0.4, -0.2) is 15.0 Å². The first-order valence-corrected chi connectivity index (χ1v) is 12.7. The Kier molecular flexibility index (Phi) is 5.46. The zero-order valence-electron chi connectivity index (χ0n) is 20.2. The third kappa shape index (κ3) is 4.11. The van der Waals surface area contributed by atoms with Gasteiger partial charge in [0.2, 0.25) is 0 Å².